The molecule has 1 aliphatic rings. The predicted molar refractivity (Wildman–Crippen MR) is 112 cm³/mol. The molecule has 3 heterocycles. The van der Waals surface area contributed by atoms with Crippen molar-refractivity contribution in [2.75, 3.05) is 11.1 Å². The van der Waals surface area contributed by atoms with Crippen molar-refractivity contribution in [2.45, 2.75) is 17.6 Å². The summed E-state index contributed by atoms with van der Waals surface area (Å²) in [4.78, 5) is 30.1. The van der Waals surface area contributed by atoms with Crippen molar-refractivity contribution in [3.05, 3.63) is 76.5 Å². The molecule has 5 rings (SSSR count). The minimum atomic E-state index is -0.881. The number of anilines is 1. The van der Waals surface area contributed by atoms with Crippen molar-refractivity contribution in [1.29, 1.82) is 0 Å². The molecule has 1 amide bonds. The Morgan fingerprint density at radius 2 is 1.88 bits per heavy atom. The number of benzene rings is 2. The number of fused-ring (bicyclic) bond motifs is 2. The van der Waals surface area contributed by atoms with Crippen LogP contribution in [0.1, 0.15) is 12.5 Å². The number of nitrogens with zero attached hydrogens (tertiary/aromatic N) is 4. The summed E-state index contributed by atoms with van der Waals surface area (Å²) in [5.74, 6) is -2.10. The van der Waals surface area contributed by atoms with E-state index in [1.54, 1.807) is 0 Å². The number of nitrogens with one attached hydrogen (secondary N) is 1. The molecule has 2 aromatic carbocycles. The fourth-order valence-corrected chi connectivity index (χ4v) is 4.69. The zero-order chi connectivity index (χ0) is 22.4. The first-order valence-corrected chi connectivity index (χ1v) is 10.5. The summed E-state index contributed by atoms with van der Waals surface area (Å²) in [5.41, 5.74) is 0.398. The van der Waals surface area contributed by atoms with Gasteiger partial charge in [-0.25, -0.2) is 22.8 Å². The van der Waals surface area contributed by atoms with Crippen LogP contribution in [0.15, 0.2) is 58.6 Å². The number of carbonyl (C=O) groups is 1. The highest BCUT2D eigenvalue weighted by Gasteiger charge is 2.29. The Kier molecular flexibility index (Phi) is 4.97. The maximum absolute atomic E-state index is 13.8. The lowest BCUT2D eigenvalue weighted by Gasteiger charge is -2.14. The van der Waals surface area contributed by atoms with E-state index >= 15 is 0 Å². The molecular weight excluding hydrogens is 443 g/mol. The van der Waals surface area contributed by atoms with Crippen LogP contribution in [0.2, 0.25) is 0 Å². The fraction of sp³-hybridized carbons (Fsp3) is 0.143. The van der Waals surface area contributed by atoms with Gasteiger partial charge in [0.25, 0.3) is 5.56 Å². The number of hydrogen-bond donors (Lipinski definition) is 1. The molecule has 32 heavy (non-hydrogen) atoms. The summed E-state index contributed by atoms with van der Waals surface area (Å²) < 4.78 is 43.0. The van der Waals surface area contributed by atoms with E-state index in [1.807, 2.05) is 0 Å². The van der Waals surface area contributed by atoms with Gasteiger partial charge >= 0.3 is 0 Å². The second kappa shape index (κ2) is 7.83. The summed E-state index contributed by atoms with van der Waals surface area (Å²) in [7, 11) is 0. The predicted octanol–water partition coefficient (Wildman–Crippen LogP) is 3.68. The number of rotatable bonds is 4. The molecule has 0 saturated heterocycles. The van der Waals surface area contributed by atoms with Crippen molar-refractivity contribution in [3.63, 3.8) is 0 Å². The Morgan fingerprint density at radius 1 is 1.12 bits per heavy atom. The third-order valence-electron chi connectivity index (χ3n) is 5.07. The monoisotopic (exact) mass is 457 g/mol. The van der Waals surface area contributed by atoms with E-state index in [0.29, 0.717) is 28.3 Å². The molecule has 1 aliphatic heterocycles. The van der Waals surface area contributed by atoms with E-state index in [2.05, 4.69) is 15.4 Å². The number of thioether (sulfide) groups is 1. The minimum absolute atomic E-state index is 0.0873. The molecule has 4 aromatic rings. The van der Waals surface area contributed by atoms with Gasteiger partial charge in [0.05, 0.1) is 23.6 Å². The van der Waals surface area contributed by atoms with Gasteiger partial charge in [-0.3, -0.25) is 14.2 Å². The summed E-state index contributed by atoms with van der Waals surface area (Å²) in [6.45, 7) is 0. The largest absolute Gasteiger partial charge is 0.324 e. The van der Waals surface area contributed by atoms with Gasteiger partial charge in [0.2, 0.25) is 5.91 Å². The van der Waals surface area contributed by atoms with Crippen molar-refractivity contribution >= 4 is 34.4 Å². The molecule has 2 aromatic heterocycles. The highest BCUT2D eigenvalue weighted by atomic mass is 32.2. The standard InChI is InChI=1S/C21H14F3N5O2S/c22-11-1-4-13(5-2-11)29-19-15(9-25-29)20(31)28-14(10-32-21(28)27-19)8-18(30)26-17-6-3-12(23)7-16(17)24/h1-7,9,14H,8,10H2,(H,26,30). The number of carbonyl (C=O) groups excluding carboxylic acids is 1. The van der Waals surface area contributed by atoms with Crippen LogP contribution in [0.4, 0.5) is 18.9 Å². The molecule has 1 atom stereocenters. The number of hydrogen-bond acceptors (Lipinski definition) is 5. The van der Waals surface area contributed by atoms with Gasteiger partial charge in [-0.1, -0.05) is 11.8 Å². The molecule has 0 spiro atoms. The van der Waals surface area contributed by atoms with Gasteiger partial charge in [-0.05, 0) is 36.4 Å². The van der Waals surface area contributed by atoms with Crippen molar-refractivity contribution in [3.8, 4) is 5.69 Å². The van der Waals surface area contributed by atoms with Crippen molar-refractivity contribution in [1.82, 2.24) is 19.3 Å². The molecule has 1 N–H and O–H groups in total. The van der Waals surface area contributed by atoms with Crippen molar-refractivity contribution < 1.29 is 18.0 Å². The Labute approximate surface area is 182 Å². The topological polar surface area (TPSA) is 81.8 Å². The van der Waals surface area contributed by atoms with Crippen LogP contribution in [0.3, 0.4) is 0 Å². The van der Waals surface area contributed by atoms with E-state index < -0.39 is 29.4 Å². The highest BCUT2D eigenvalue weighted by molar-refractivity contribution is 7.99. The van der Waals surface area contributed by atoms with Gasteiger partial charge in [0, 0.05) is 18.2 Å². The zero-order valence-corrected chi connectivity index (χ0v) is 17.1. The third kappa shape index (κ3) is 3.54. The molecule has 11 heteroatoms. The van der Waals surface area contributed by atoms with Crippen LogP contribution in [0.25, 0.3) is 16.7 Å². The molecule has 0 bridgehead atoms. The fourth-order valence-electron chi connectivity index (χ4n) is 3.56. The van der Waals surface area contributed by atoms with E-state index in [-0.39, 0.29) is 23.1 Å². The number of amides is 1. The maximum Gasteiger partial charge on any atom is 0.265 e. The van der Waals surface area contributed by atoms with Gasteiger partial charge in [-0.15, -0.1) is 0 Å². The lowest BCUT2D eigenvalue weighted by Crippen LogP contribution is -2.28. The normalized spacial score (nSPS) is 15.2. The second-order valence-corrected chi connectivity index (χ2v) is 8.17. The van der Waals surface area contributed by atoms with Gasteiger partial charge in [-0.2, -0.15) is 5.10 Å². The lowest BCUT2D eigenvalue weighted by molar-refractivity contribution is -0.116. The molecule has 7 nitrogen and oxygen atoms in total. The Hall–Kier alpha value is -3.60. The minimum Gasteiger partial charge on any atom is -0.324 e. The second-order valence-electron chi connectivity index (χ2n) is 7.18. The van der Waals surface area contributed by atoms with Crippen LogP contribution < -0.4 is 10.9 Å². The van der Waals surface area contributed by atoms with Crippen molar-refractivity contribution in [2.24, 2.45) is 0 Å². The first kappa shape index (κ1) is 20.3. The summed E-state index contributed by atoms with van der Waals surface area (Å²) >= 11 is 1.32. The summed E-state index contributed by atoms with van der Waals surface area (Å²) in [6.07, 6.45) is 1.30. The molecule has 0 aliphatic carbocycles. The highest BCUT2D eigenvalue weighted by Crippen LogP contribution is 2.33. The quantitative estimate of drug-likeness (QED) is 0.473. The molecule has 0 fully saturated rings. The average Bonchev–Trinajstić information content (AvgIpc) is 3.36. The average molecular weight is 457 g/mol. The lowest BCUT2D eigenvalue weighted by atomic mass is 10.2. The van der Waals surface area contributed by atoms with E-state index in [9.17, 15) is 22.8 Å². The van der Waals surface area contributed by atoms with E-state index in [4.69, 9.17) is 0 Å². The Bertz CT molecular complexity index is 1420. The first-order valence-electron chi connectivity index (χ1n) is 9.54. The number of halogens is 3. The molecule has 1 unspecified atom stereocenters. The SMILES string of the molecule is O=C(CC1CSc2nc3c(cnn3-c3ccc(F)cc3)c(=O)n21)Nc1ccc(F)cc1F. The Morgan fingerprint density at radius 3 is 2.62 bits per heavy atom. The van der Waals surface area contributed by atoms with E-state index in [1.165, 1.54) is 51.5 Å². The molecular formula is C21H14F3N5O2S. The van der Waals surface area contributed by atoms with Gasteiger partial charge in [0.1, 0.15) is 22.8 Å². The third-order valence-corrected chi connectivity index (χ3v) is 6.17. The maximum atomic E-state index is 13.8. The Balaban J connectivity index is 1.44. The number of aromatic nitrogens is 4. The molecule has 162 valence electrons. The van der Waals surface area contributed by atoms with Crippen LogP contribution in [-0.4, -0.2) is 31.0 Å². The van der Waals surface area contributed by atoms with Gasteiger partial charge < -0.3 is 5.32 Å². The zero-order valence-electron chi connectivity index (χ0n) is 16.3. The van der Waals surface area contributed by atoms with Crippen LogP contribution >= 0.6 is 11.8 Å². The molecule has 0 radical (unpaired) electrons. The van der Waals surface area contributed by atoms with Gasteiger partial charge in [0.15, 0.2) is 10.8 Å². The van der Waals surface area contributed by atoms with Crippen LogP contribution in [0.5, 0.6) is 0 Å². The summed E-state index contributed by atoms with van der Waals surface area (Å²) in [6, 6.07) is 8.01. The molecule has 0 saturated carbocycles. The smallest absolute Gasteiger partial charge is 0.265 e. The summed E-state index contributed by atoms with van der Waals surface area (Å²) in [5, 5.41) is 7.31. The first-order chi connectivity index (χ1) is 15.4. The van der Waals surface area contributed by atoms with Crippen LogP contribution in [0, 0.1) is 17.5 Å². The van der Waals surface area contributed by atoms with Crippen LogP contribution in [-0.2, 0) is 4.79 Å². The van der Waals surface area contributed by atoms with E-state index in [0.717, 1.165) is 12.1 Å².